The molecule has 0 aliphatic heterocycles. The molecule has 0 aromatic carbocycles. The summed E-state index contributed by atoms with van der Waals surface area (Å²) >= 11 is 0. The molecule has 3 rings (SSSR count). The molecule has 3 aliphatic carbocycles. The summed E-state index contributed by atoms with van der Waals surface area (Å²) in [5.41, 5.74) is 0. The van der Waals surface area contributed by atoms with E-state index in [1.807, 2.05) is 0 Å². The fraction of sp³-hybridized carbons (Fsp3) is 0.952. The lowest BCUT2D eigenvalue weighted by Crippen LogP contribution is -2.54. The molecule has 24 heavy (non-hydrogen) atoms. The van der Waals surface area contributed by atoms with Gasteiger partial charge in [-0.25, -0.2) is 4.79 Å². The summed E-state index contributed by atoms with van der Waals surface area (Å²) < 4.78 is 0. The predicted octanol–water partition coefficient (Wildman–Crippen LogP) is 5.78. The molecule has 3 fully saturated rings. The molecule has 0 bridgehead atoms. The van der Waals surface area contributed by atoms with Crippen LogP contribution >= 0.6 is 0 Å². The molecule has 3 nitrogen and oxygen atoms in total. The Labute approximate surface area is 148 Å². The lowest BCUT2D eigenvalue weighted by molar-refractivity contribution is 0.102. The molecule has 3 saturated carbocycles. The van der Waals surface area contributed by atoms with Crippen molar-refractivity contribution in [1.29, 1.82) is 0 Å². The van der Waals surface area contributed by atoms with Crippen LogP contribution in [0.2, 0.25) is 0 Å². The molecule has 1 N–H and O–H groups in total. The van der Waals surface area contributed by atoms with Crippen molar-refractivity contribution >= 4 is 6.03 Å². The standard InChI is InChI=1S/C21H38N2O/c24-21(22-18-12-6-2-1-3-7-13-18)23(19-14-8-4-9-15-19)20-16-10-5-11-17-20/h18-20H,1-17H2,(H,22,24). The predicted molar refractivity (Wildman–Crippen MR) is 100 cm³/mol. The van der Waals surface area contributed by atoms with Gasteiger partial charge in [0.25, 0.3) is 0 Å². The van der Waals surface area contributed by atoms with Gasteiger partial charge in [-0.1, -0.05) is 70.6 Å². The van der Waals surface area contributed by atoms with Crippen molar-refractivity contribution in [2.24, 2.45) is 0 Å². The first-order valence-corrected chi connectivity index (χ1v) is 10.9. The topological polar surface area (TPSA) is 32.3 Å². The Bertz CT molecular complexity index is 346. The van der Waals surface area contributed by atoms with Crippen LogP contribution in [-0.4, -0.2) is 29.1 Å². The minimum Gasteiger partial charge on any atom is -0.335 e. The zero-order valence-corrected chi connectivity index (χ0v) is 15.6. The number of nitrogens with one attached hydrogen (secondary N) is 1. The molecular formula is C21H38N2O. The molecule has 0 spiro atoms. The third-order valence-corrected chi connectivity index (χ3v) is 6.60. The van der Waals surface area contributed by atoms with Crippen LogP contribution in [0.5, 0.6) is 0 Å². The van der Waals surface area contributed by atoms with Crippen LogP contribution in [0.4, 0.5) is 4.79 Å². The highest BCUT2D eigenvalue weighted by Crippen LogP contribution is 2.30. The second-order valence-corrected chi connectivity index (χ2v) is 8.48. The first kappa shape index (κ1) is 18.1. The fourth-order valence-corrected chi connectivity index (χ4v) is 5.20. The van der Waals surface area contributed by atoms with E-state index in [0.29, 0.717) is 18.1 Å². The Balaban J connectivity index is 1.62. The number of nitrogens with zero attached hydrogens (tertiary/aromatic N) is 1. The van der Waals surface area contributed by atoms with Crippen molar-refractivity contribution < 1.29 is 4.79 Å². The third kappa shape index (κ3) is 5.13. The van der Waals surface area contributed by atoms with Gasteiger partial charge in [-0.2, -0.15) is 0 Å². The van der Waals surface area contributed by atoms with E-state index in [9.17, 15) is 4.79 Å². The van der Waals surface area contributed by atoms with Crippen LogP contribution in [0.15, 0.2) is 0 Å². The summed E-state index contributed by atoms with van der Waals surface area (Å²) in [7, 11) is 0. The molecule has 0 radical (unpaired) electrons. The normalized spacial score (nSPS) is 25.7. The van der Waals surface area contributed by atoms with Gasteiger partial charge in [0.05, 0.1) is 0 Å². The van der Waals surface area contributed by atoms with E-state index in [1.165, 1.54) is 109 Å². The summed E-state index contributed by atoms with van der Waals surface area (Å²) in [5, 5.41) is 3.47. The van der Waals surface area contributed by atoms with Crippen molar-refractivity contribution in [2.45, 2.75) is 127 Å². The van der Waals surface area contributed by atoms with Crippen LogP contribution in [0.3, 0.4) is 0 Å². The first-order valence-electron chi connectivity index (χ1n) is 10.9. The highest BCUT2D eigenvalue weighted by Gasteiger charge is 2.33. The van der Waals surface area contributed by atoms with Crippen LogP contribution in [-0.2, 0) is 0 Å². The monoisotopic (exact) mass is 334 g/mol. The second kappa shape index (κ2) is 9.68. The van der Waals surface area contributed by atoms with Crippen molar-refractivity contribution in [1.82, 2.24) is 10.2 Å². The Hall–Kier alpha value is -0.730. The van der Waals surface area contributed by atoms with Gasteiger partial charge < -0.3 is 10.2 Å². The van der Waals surface area contributed by atoms with Gasteiger partial charge in [-0.15, -0.1) is 0 Å². The molecule has 0 atom stereocenters. The van der Waals surface area contributed by atoms with Gasteiger partial charge in [0.15, 0.2) is 0 Å². The fourth-order valence-electron chi connectivity index (χ4n) is 5.20. The van der Waals surface area contributed by atoms with Crippen molar-refractivity contribution in [2.75, 3.05) is 0 Å². The van der Waals surface area contributed by atoms with Gasteiger partial charge in [0.2, 0.25) is 0 Å². The molecule has 0 unspecified atom stereocenters. The molecule has 0 aromatic heterocycles. The van der Waals surface area contributed by atoms with E-state index in [0.717, 1.165) is 0 Å². The number of rotatable bonds is 3. The molecule has 2 amide bonds. The molecule has 138 valence electrons. The average molecular weight is 335 g/mol. The number of amides is 2. The summed E-state index contributed by atoms with van der Waals surface area (Å²) in [6.45, 7) is 0. The van der Waals surface area contributed by atoms with Crippen LogP contribution in [0, 0.1) is 0 Å². The Morgan fingerprint density at radius 3 is 1.46 bits per heavy atom. The van der Waals surface area contributed by atoms with E-state index >= 15 is 0 Å². The van der Waals surface area contributed by atoms with Crippen LogP contribution < -0.4 is 5.32 Å². The van der Waals surface area contributed by atoms with E-state index in [-0.39, 0.29) is 6.03 Å². The first-order chi connectivity index (χ1) is 11.8. The number of urea groups is 1. The number of carbonyl (C=O) groups excluding carboxylic acids is 1. The van der Waals surface area contributed by atoms with Crippen LogP contribution in [0.25, 0.3) is 0 Å². The lowest BCUT2D eigenvalue weighted by Gasteiger charge is -2.42. The van der Waals surface area contributed by atoms with Gasteiger partial charge >= 0.3 is 6.03 Å². The molecular weight excluding hydrogens is 296 g/mol. The average Bonchev–Trinajstić information content (AvgIpc) is 2.59. The number of hydrogen-bond acceptors (Lipinski definition) is 1. The number of carbonyl (C=O) groups is 1. The molecule has 0 saturated heterocycles. The molecule has 0 aromatic rings. The SMILES string of the molecule is O=C(NC1CCCCCCC1)N(C1CCCCC1)C1CCCCC1. The smallest absolute Gasteiger partial charge is 0.318 e. The van der Waals surface area contributed by atoms with Gasteiger partial charge in [-0.3, -0.25) is 0 Å². The molecule has 3 heteroatoms. The maximum atomic E-state index is 13.2. The van der Waals surface area contributed by atoms with E-state index in [1.54, 1.807) is 0 Å². The van der Waals surface area contributed by atoms with Crippen molar-refractivity contribution in [3.8, 4) is 0 Å². The third-order valence-electron chi connectivity index (χ3n) is 6.60. The van der Waals surface area contributed by atoms with E-state index in [2.05, 4.69) is 10.2 Å². The zero-order valence-electron chi connectivity index (χ0n) is 15.6. The summed E-state index contributed by atoms with van der Waals surface area (Å²) in [4.78, 5) is 15.6. The van der Waals surface area contributed by atoms with Crippen molar-refractivity contribution in [3.63, 3.8) is 0 Å². The minimum atomic E-state index is 0.277. The zero-order chi connectivity index (χ0) is 16.6. The van der Waals surface area contributed by atoms with Gasteiger partial charge in [-0.05, 0) is 38.5 Å². The highest BCUT2D eigenvalue weighted by atomic mass is 16.2. The maximum absolute atomic E-state index is 13.2. The highest BCUT2D eigenvalue weighted by molar-refractivity contribution is 5.75. The molecule has 0 heterocycles. The van der Waals surface area contributed by atoms with E-state index in [4.69, 9.17) is 0 Å². The molecule has 3 aliphatic rings. The summed E-state index contributed by atoms with van der Waals surface area (Å²) in [6, 6.07) is 1.72. The Kier molecular flexibility index (Phi) is 7.29. The van der Waals surface area contributed by atoms with Crippen molar-refractivity contribution in [3.05, 3.63) is 0 Å². The summed E-state index contributed by atoms with van der Waals surface area (Å²) in [5.74, 6) is 0. The summed E-state index contributed by atoms with van der Waals surface area (Å²) in [6.07, 6.45) is 21.9. The van der Waals surface area contributed by atoms with Crippen LogP contribution in [0.1, 0.15) is 109 Å². The quantitative estimate of drug-likeness (QED) is 0.697. The Morgan fingerprint density at radius 1 is 0.583 bits per heavy atom. The number of hydrogen-bond donors (Lipinski definition) is 1. The maximum Gasteiger partial charge on any atom is 0.318 e. The minimum absolute atomic E-state index is 0.277. The van der Waals surface area contributed by atoms with Gasteiger partial charge in [0.1, 0.15) is 0 Å². The lowest BCUT2D eigenvalue weighted by atomic mass is 9.89. The Morgan fingerprint density at radius 2 is 0.958 bits per heavy atom. The van der Waals surface area contributed by atoms with E-state index < -0.39 is 0 Å². The second-order valence-electron chi connectivity index (χ2n) is 8.48. The largest absolute Gasteiger partial charge is 0.335 e. The van der Waals surface area contributed by atoms with Gasteiger partial charge in [0, 0.05) is 18.1 Å².